The van der Waals surface area contributed by atoms with Crippen molar-refractivity contribution in [3.8, 4) is 0 Å². The molecule has 1 aromatic heterocycles. The van der Waals surface area contributed by atoms with Gasteiger partial charge in [0.1, 0.15) is 10.8 Å². The Morgan fingerprint density at radius 1 is 1.29 bits per heavy atom. The van der Waals surface area contributed by atoms with Gasteiger partial charge in [-0.05, 0) is 97.1 Å². The first-order chi connectivity index (χ1) is 17.0. The number of aryl methyl sites for hydroxylation is 1. The number of hydrogen-bond acceptors (Lipinski definition) is 6. The second-order valence-electron chi connectivity index (χ2n) is 8.93. The molecule has 5 rings (SSSR count). The van der Waals surface area contributed by atoms with E-state index >= 15 is 0 Å². The first kappa shape index (κ1) is 23.7. The van der Waals surface area contributed by atoms with Gasteiger partial charge >= 0.3 is 0 Å². The van der Waals surface area contributed by atoms with Gasteiger partial charge in [0.15, 0.2) is 0 Å². The molecule has 1 unspecified atom stereocenters. The van der Waals surface area contributed by atoms with Crippen LogP contribution in [0.3, 0.4) is 0 Å². The summed E-state index contributed by atoms with van der Waals surface area (Å²) < 4.78 is 15.8. The van der Waals surface area contributed by atoms with E-state index in [9.17, 15) is 4.39 Å². The predicted octanol–water partition coefficient (Wildman–Crippen LogP) is 6.95. The third-order valence-corrected chi connectivity index (χ3v) is 8.46. The number of nitrogens with two attached hydrogens (primary N) is 1. The van der Waals surface area contributed by atoms with Gasteiger partial charge in [0.05, 0.1) is 11.4 Å². The van der Waals surface area contributed by atoms with Crippen LogP contribution in [0.4, 0.5) is 10.1 Å². The van der Waals surface area contributed by atoms with Crippen molar-refractivity contribution in [1.29, 1.82) is 0 Å². The lowest BCUT2D eigenvalue weighted by molar-refractivity contribution is 0.288. The fourth-order valence-electron chi connectivity index (χ4n) is 4.79. The Morgan fingerprint density at radius 2 is 2.11 bits per heavy atom. The number of aromatic nitrogens is 1. The number of halogens is 1. The zero-order chi connectivity index (χ0) is 24.4. The fourth-order valence-corrected chi connectivity index (χ4v) is 6.65. The highest BCUT2D eigenvalue weighted by atomic mass is 32.2. The molecule has 1 saturated heterocycles. The monoisotopic (exact) mass is 502 g/mol. The number of piperidine rings is 1. The molecule has 1 aliphatic heterocycles. The quantitative estimate of drug-likeness (QED) is 0.384. The highest BCUT2D eigenvalue weighted by Gasteiger charge is 2.46. The topological polar surface area (TPSA) is 54.5 Å². The second kappa shape index (κ2) is 9.93. The lowest BCUT2D eigenvalue weighted by atomic mass is 9.63. The van der Waals surface area contributed by atoms with Crippen molar-refractivity contribution in [2.75, 3.05) is 13.1 Å². The summed E-state index contributed by atoms with van der Waals surface area (Å²) in [6.07, 6.45) is 7.23. The Kier molecular flexibility index (Phi) is 6.73. The smallest absolute Gasteiger partial charge is 0.123 e. The van der Waals surface area contributed by atoms with Crippen molar-refractivity contribution in [3.05, 3.63) is 106 Å². The lowest BCUT2D eigenvalue weighted by Gasteiger charge is -2.47. The van der Waals surface area contributed by atoms with Crippen molar-refractivity contribution in [2.24, 2.45) is 16.1 Å². The third-order valence-electron chi connectivity index (χ3n) is 6.59. The largest absolute Gasteiger partial charge is 0.404 e. The van der Waals surface area contributed by atoms with Gasteiger partial charge in [0, 0.05) is 35.0 Å². The summed E-state index contributed by atoms with van der Waals surface area (Å²) in [4.78, 5) is 10.6. The maximum atomic E-state index is 13.4. The molecule has 0 saturated carbocycles. The summed E-state index contributed by atoms with van der Waals surface area (Å²) in [7, 11) is 0. The normalized spacial score (nSPS) is 22.7. The van der Waals surface area contributed by atoms with E-state index in [-0.39, 0.29) is 11.2 Å². The molecule has 0 amide bonds. The minimum Gasteiger partial charge on any atom is -0.404 e. The minimum absolute atomic E-state index is 0.275. The second-order valence-corrected chi connectivity index (χ2v) is 11.0. The van der Waals surface area contributed by atoms with E-state index in [0.29, 0.717) is 12.1 Å². The van der Waals surface area contributed by atoms with Crippen molar-refractivity contribution >= 4 is 40.3 Å². The number of thiazole rings is 1. The van der Waals surface area contributed by atoms with Gasteiger partial charge in [-0.3, -0.25) is 0 Å². The van der Waals surface area contributed by atoms with E-state index < -0.39 is 0 Å². The van der Waals surface area contributed by atoms with Crippen LogP contribution in [0, 0.1) is 18.2 Å². The Hall–Kier alpha value is -3.00. The molecule has 0 radical (unpaired) electrons. The van der Waals surface area contributed by atoms with Crippen molar-refractivity contribution < 1.29 is 4.39 Å². The summed E-state index contributed by atoms with van der Waals surface area (Å²) in [6, 6.07) is 14.8. The molecule has 0 spiro atoms. The molecule has 2 N–H and O–H groups in total. The number of hydrogen-bond donors (Lipinski definition) is 1. The first-order valence-electron chi connectivity index (χ1n) is 11.5. The standard InChI is InChI=1S/C28H27FN4S2/c1-19-4-3-5-25(14-19)35-33-12-10-22-15-26(32-24-8-6-23(29)7-9-24)21(17-30)16-28(22,18-33)20(2)27-31-11-13-34-27/h3-9,11,13-15,17H,2,10,12,16,18,30H2,1H3. The molecular weight excluding hydrogens is 475 g/mol. The van der Waals surface area contributed by atoms with Gasteiger partial charge in [-0.1, -0.05) is 24.3 Å². The van der Waals surface area contributed by atoms with Crippen molar-refractivity contribution in [3.63, 3.8) is 0 Å². The van der Waals surface area contributed by atoms with E-state index in [0.717, 1.165) is 41.4 Å². The number of fused-ring (bicyclic) bond motifs is 1. The molecule has 35 heavy (non-hydrogen) atoms. The lowest BCUT2D eigenvalue weighted by Crippen LogP contribution is -2.45. The van der Waals surface area contributed by atoms with Crippen LogP contribution in [0.5, 0.6) is 0 Å². The Bertz CT molecular complexity index is 1330. The van der Waals surface area contributed by atoms with Crippen LogP contribution in [0.15, 0.2) is 100.0 Å². The molecule has 178 valence electrons. The summed E-state index contributed by atoms with van der Waals surface area (Å²) >= 11 is 3.41. The summed E-state index contributed by atoms with van der Waals surface area (Å²) in [5.74, 6) is -0.275. The van der Waals surface area contributed by atoms with Crippen molar-refractivity contribution in [2.45, 2.75) is 24.7 Å². The van der Waals surface area contributed by atoms with Gasteiger partial charge in [-0.15, -0.1) is 11.3 Å². The van der Waals surface area contributed by atoms with Crippen LogP contribution in [0.1, 0.15) is 23.4 Å². The van der Waals surface area contributed by atoms with E-state index in [2.05, 4.69) is 53.1 Å². The maximum absolute atomic E-state index is 13.4. The van der Waals surface area contributed by atoms with E-state index in [1.807, 2.05) is 11.6 Å². The van der Waals surface area contributed by atoms with E-state index in [4.69, 9.17) is 10.7 Å². The van der Waals surface area contributed by atoms with Crippen LogP contribution in [-0.2, 0) is 0 Å². The van der Waals surface area contributed by atoms with Crippen LogP contribution in [-0.4, -0.2) is 28.1 Å². The number of nitrogens with zero attached hydrogens (tertiary/aromatic N) is 3. The zero-order valence-electron chi connectivity index (χ0n) is 19.6. The molecule has 2 aromatic carbocycles. The molecular formula is C28H27FN4S2. The number of rotatable bonds is 5. The third kappa shape index (κ3) is 4.89. The fraction of sp³-hybridized carbons (Fsp3) is 0.214. The summed E-state index contributed by atoms with van der Waals surface area (Å²) in [5, 5.41) is 2.95. The average Bonchev–Trinajstić information content (AvgIpc) is 3.40. The highest BCUT2D eigenvalue weighted by Crippen LogP contribution is 2.53. The van der Waals surface area contributed by atoms with Crippen LogP contribution in [0.25, 0.3) is 5.57 Å². The van der Waals surface area contributed by atoms with E-state index in [1.165, 1.54) is 28.2 Å². The Labute approximate surface area is 213 Å². The summed E-state index contributed by atoms with van der Waals surface area (Å²) in [6.45, 7) is 8.40. The zero-order valence-corrected chi connectivity index (χ0v) is 21.2. The van der Waals surface area contributed by atoms with Gasteiger partial charge in [0.25, 0.3) is 0 Å². The molecule has 1 fully saturated rings. The molecule has 2 aliphatic rings. The first-order valence-corrected chi connectivity index (χ1v) is 13.2. The molecule has 0 bridgehead atoms. The maximum Gasteiger partial charge on any atom is 0.123 e. The van der Waals surface area contributed by atoms with Crippen molar-refractivity contribution in [1.82, 2.24) is 9.29 Å². The van der Waals surface area contributed by atoms with Gasteiger partial charge in [0.2, 0.25) is 0 Å². The number of allylic oxidation sites excluding steroid dienone is 2. The van der Waals surface area contributed by atoms with Gasteiger partial charge < -0.3 is 5.73 Å². The van der Waals surface area contributed by atoms with Crippen LogP contribution in [0.2, 0.25) is 0 Å². The Balaban J connectivity index is 1.54. The minimum atomic E-state index is -0.319. The number of benzene rings is 2. The average molecular weight is 503 g/mol. The molecule has 4 nitrogen and oxygen atoms in total. The molecule has 1 aliphatic carbocycles. The highest BCUT2D eigenvalue weighted by molar-refractivity contribution is 7.97. The van der Waals surface area contributed by atoms with Gasteiger partial charge in [-0.25, -0.2) is 18.7 Å². The van der Waals surface area contributed by atoms with Crippen LogP contribution < -0.4 is 5.73 Å². The van der Waals surface area contributed by atoms with E-state index in [1.54, 1.807) is 41.6 Å². The molecule has 7 heteroatoms. The SMILES string of the molecule is C=C(c1nccs1)C12CC(=CN)C(=Nc3ccc(F)cc3)C=C1CCN(Sc1cccc(C)c1)C2. The molecule has 2 heterocycles. The molecule has 1 atom stereocenters. The number of aliphatic imine (C=N–C) groups is 1. The predicted molar refractivity (Wildman–Crippen MR) is 145 cm³/mol. The molecule has 3 aromatic rings. The van der Waals surface area contributed by atoms with Crippen LogP contribution >= 0.6 is 23.3 Å². The van der Waals surface area contributed by atoms with Gasteiger partial charge in [-0.2, -0.15) is 0 Å². The summed E-state index contributed by atoms with van der Waals surface area (Å²) in [5.41, 5.74) is 11.9. The Morgan fingerprint density at radius 3 is 2.83 bits per heavy atom.